The van der Waals surface area contributed by atoms with Gasteiger partial charge in [0, 0.05) is 12.8 Å². The number of hydrogen-bond acceptors (Lipinski definition) is 7. The summed E-state index contributed by atoms with van der Waals surface area (Å²) in [5.41, 5.74) is 1.61. The van der Waals surface area contributed by atoms with Gasteiger partial charge in [0.25, 0.3) is 0 Å². The van der Waals surface area contributed by atoms with Crippen LogP contribution in [0.25, 0.3) is 5.70 Å². The standard InChI is InChI=1S/C15H17FN6O2/c1-10-17-5-4-13(15-18-20-21-19-15)22(10)9-11-2-3-12(16)14(8-11)24-7-6-23/h2-5,8,10,23H,6-7,9H2,1H3,(H,18,19,20,21). The Morgan fingerprint density at radius 1 is 1.42 bits per heavy atom. The summed E-state index contributed by atoms with van der Waals surface area (Å²) in [6.07, 6.45) is 3.38. The fourth-order valence-corrected chi connectivity index (χ4v) is 2.42. The molecule has 1 atom stereocenters. The fourth-order valence-electron chi connectivity index (χ4n) is 2.42. The Balaban J connectivity index is 1.83. The predicted octanol–water partition coefficient (Wildman–Crippen LogP) is 0.983. The average Bonchev–Trinajstić information content (AvgIpc) is 3.11. The van der Waals surface area contributed by atoms with E-state index in [2.05, 4.69) is 25.6 Å². The van der Waals surface area contributed by atoms with Gasteiger partial charge in [-0.15, -0.1) is 10.2 Å². The van der Waals surface area contributed by atoms with Crippen molar-refractivity contribution in [2.75, 3.05) is 13.2 Å². The maximum atomic E-state index is 13.8. The smallest absolute Gasteiger partial charge is 0.220 e. The van der Waals surface area contributed by atoms with E-state index in [1.165, 1.54) is 6.07 Å². The molecule has 0 spiro atoms. The molecule has 0 radical (unpaired) electrons. The molecule has 1 aromatic carbocycles. The lowest BCUT2D eigenvalue weighted by Gasteiger charge is -2.31. The Hall–Kier alpha value is -2.81. The van der Waals surface area contributed by atoms with E-state index in [1.807, 2.05) is 11.8 Å². The first-order valence-corrected chi connectivity index (χ1v) is 7.45. The molecular formula is C15H17FN6O2. The number of aliphatic imine (C=N–C) groups is 1. The summed E-state index contributed by atoms with van der Waals surface area (Å²) in [5, 5.41) is 22.8. The second kappa shape index (κ2) is 7.18. The Bertz CT molecular complexity index is 746. The van der Waals surface area contributed by atoms with E-state index in [9.17, 15) is 4.39 Å². The van der Waals surface area contributed by atoms with Crippen LogP contribution in [-0.2, 0) is 6.54 Å². The van der Waals surface area contributed by atoms with Crippen LogP contribution in [0.3, 0.4) is 0 Å². The summed E-state index contributed by atoms with van der Waals surface area (Å²) < 4.78 is 19.0. The molecule has 0 saturated carbocycles. The number of benzene rings is 1. The van der Waals surface area contributed by atoms with E-state index < -0.39 is 5.82 Å². The van der Waals surface area contributed by atoms with Crippen molar-refractivity contribution in [1.29, 1.82) is 0 Å². The van der Waals surface area contributed by atoms with Gasteiger partial charge in [0.1, 0.15) is 12.8 Å². The van der Waals surface area contributed by atoms with Crippen LogP contribution in [0, 0.1) is 5.82 Å². The van der Waals surface area contributed by atoms with Crippen LogP contribution < -0.4 is 4.74 Å². The molecule has 0 aliphatic carbocycles. The van der Waals surface area contributed by atoms with Gasteiger partial charge in [-0.1, -0.05) is 6.07 Å². The van der Waals surface area contributed by atoms with Crippen LogP contribution >= 0.6 is 0 Å². The number of halogens is 1. The van der Waals surface area contributed by atoms with Crippen LogP contribution in [0.2, 0.25) is 0 Å². The minimum atomic E-state index is -0.467. The van der Waals surface area contributed by atoms with E-state index in [-0.39, 0.29) is 25.1 Å². The summed E-state index contributed by atoms with van der Waals surface area (Å²) in [6, 6.07) is 4.64. The average molecular weight is 332 g/mol. The number of nitrogens with zero attached hydrogens (tertiary/aromatic N) is 5. The zero-order valence-corrected chi connectivity index (χ0v) is 13.1. The van der Waals surface area contributed by atoms with Gasteiger partial charge in [-0.2, -0.15) is 5.21 Å². The van der Waals surface area contributed by atoms with Crippen molar-refractivity contribution in [3.63, 3.8) is 0 Å². The molecule has 0 fully saturated rings. The van der Waals surface area contributed by atoms with Crippen molar-refractivity contribution >= 4 is 11.9 Å². The number of tetrazole rings is 1. The highest BCUT2D eigenvalue weighted by Gasteiger charge is 2.23. The highest BCUT2D eigenvalue weighted by Crippen LogP contribution is 2.26. The van der Waals surface area contributed by atoms with Crippen LogP contribution in [0.4, 0.5) is 4.39 Å². The first kappa shape index (κ1) is 16.1. The Labute approximate surface area is 137 Å². The molecule has 0 bridgehead atoms. The highest BCUT2D eigenvalue weighted by atomic mass is 19.1. The first-order valence-electron chi connectivity index (χ1n) is 7.45. The zero-order valence-electron chi connectivity index (χ0n) is 13.1. The molecule has 1 aliphatic rings. The molecule has 8 nitrogen and oxygen atoms in total. The van der Waals surface area contributed by atoms with Crippen LogP contribution in [0.5, 0.6) is 5.75 Å². The van der Waals surface area contributed by atoms with Crippen molar-refractivity contribution < 1.29 is 14.2 Å². The van der Waals surface area contributed by atoms with E-state index in [1.54, 1.807) is 24.4 Å². The molecule has 9 heteroatoms. The number of allylic oxidation sites excluding steroid dienone is 1. The Kier molecular flexibility index (Phi) is 4.80. The van der Waals surface area contributed by atoms with Crippen molar-refractivity contribution in [1.82, 2.24) is 25.5 Å². The molecule has 24 heavy (non-hydrogen) atoms. The predicted molar refractivity (Wildman–Crippen MR) is 84.6 cm³/mol. The molecule has 3 rings (SSSR count). The summed E-state index contributed by atoms with van der Waals surface area (Å²) in [4.78, 5) is 6.34. The molecule has 1 aromatic heterocycles. The van der Waals surface area contributed by atoms with Crippen LogP contribution in [0.1, 0.15) is 18.3 Å². The van der Waals surface area contributed by atoms with Gasteiger partial charge in [0.15, 0.2) is 11.6 Å². The summed E-state index contributed by atoms with van der Waals surface area (Å²) in [6.45, 7) is 2.27. The monoisotopic (exact) mass is 332 g/mol. The zero-order chi connectivity index (χ0) is 16.9. The van der Waals surface area contributed by atoms with Gasteiger partial charge < -0.3 is 14.7 Å². The van der Waals surface area contributed by atoms with Gasteiger partial charge >= 0.3 is 0 Å². The third kappa shape index (κ3) is 3.40. The maximum absolute atomic E-state index is 13.8. The van der Waals surface area contributed by atoms with E-state index in [4.69, 9.17) is 9.84 Å². The normalized spacial score (nSPS) is 17.0. The number of aromatic amines is 1. The molecule has 0 amide bonds. The van der Waals surface area contributed by atoms with Crippen molar-refractivity contribution in [3.8, 4) is 5.75 Å². The number of nitrogens with one attached hydrogen (secondary N) is 1. The van der Waals surface area contributed by atoms with Gasteiger partial charge in [-0.05, 0) is 35.9 Å². The van der Waals surface area contributed by atoms with E-state index in [0.29, 0.717) is 12.4 Å². The van der Waals surface area contributed by atoms with Gasteiger partial charge in [-0.25, -0.2) is 4.39 Å². The third-order valence-corrected chi connectivity index (χ3v) is 3.57. The number of aliphatic hydroxyl groups excluding tert-OH is 1. The molecule has 1 aliphatic heterocycles. The third-order valence-electron chi connectivity index (χ3n) is 3.57. The first-order chi connectivity index (χ1) is 11.7. The lowest BCUT2D eigenvalue weighted by Crippen LogP contribution is -2.32. The van der Waals surface area contributed by atoms with Crippen molar-refractivity contribution in [2.45, 2.75) is 19.6 Å². The van der Waals surface area contributed by atoms with Gasteiger partial charge in [0.05, 0.1) is 12.3 Å². The van der Waals surface area contributed by atoms with E-state index >= 15 is 0 Å². The summed E-state index contributed by atoms with van der Waals surface area (Å²) in [7, 11) is 0. The van der Waals surface area contributed by atoms with Crippen molar-refractivity contribution in [3.05, 3.63) is 41.5 Å². The number of aliphatic hydroxyl groups is 1. The molecule has 126 valence electrons. The second-order valence-electron chi connectivity index (χ2n) is 5.18. The number of rotatable bonds is 6. The molecule has 0 saturated heterocycles. The quantitative estimate of drug-likeness (QED) is 0.818. The number of H-pyrrole nitrogens is 1. The Morgan fingerprint density at radius 2 is 2.29 bits per heavy atom. The Morgan fingerprint density at radius 3 is 3.04 bits per heavy atom. The molecule has 2 N–H and O–H groups in total. The van der Waals surface area contributed by atoms with Crippen LogP contribution in [-0.4, -0.2) is 56.2 Å². The largest absolute Gasteiger partial charge is 0.488 e. The lowest BCUT2D eigenvalue weighted by molar-refractivity contribution is 0.196. The van der Waals surface area contributed by atoms with Gasteiger partial charge in [-0.3, -0.25) is 4.99 Å². The van der Waals surface area contributed by atoms with Crippen LogP contribution in [0.15, 0.2) is 29.3 Å². The molecule has 2 heterocycles. The summed E-state index contributed by atoms with van der Waals surface area (Å²) >= 11 is 0. The minimum absolute atomic E-state index is 0.0405. The number of ether oxygens (including phenoxy) is 1. The highest BCUT2D eigenvalue weighted by molar-refractivity contribution is 5.84. The molecular weight excluding hydrogens is 315 g/mol. The number of hydrogen-bond donors (Lipinski definition) is 2. The molecule has 2 aromatic rings. The lowest BCUT2D eigenvalue weighted by atomic mass is 10.1. The van der Waals surface area contributed by atoms with E-state index in [0.717, 1.165) is 11.3 Å². The second-order valence-corrected chi connectivity index (χ2v) is 5.18. The maximum Gasteiger partial charge on any atom is 0.220 e. The topological polar surface area (TPSA) is 99.5 Å². The SMILES string of the molecule is CC1N=CC=C(c2nn[nH]n2)N1Cc1ccc(F)c(OCCO)c1. The fraction of sp³-hybridized carbons (Fsp3) is 0.333. The minimum Gasteiger partial charge on any atom is -0.488 e. The van der Waals surface area contributed by atoms with Gasteiger partial charge in [0.2, 0.25) is 5.82 Å². The number of aromatic nitrogens is 4. The van der Waals surface area contributed by atoms with Crippen molar-refractivity contribution in [2.24, 2.45) is 4.99 Å². The molecule has 1 unspecified atom stereocenters. The summed E-state index contributed by atoms with van der Waals surface area (Å²) in [5.74, 6) is 0.109.